The van der Waals surface area contributed by atoms with E-state index in [9.17, 15) is 22.8 Å². The Hall–Kier alpha value is -3.63. The number of rotatable bonds is 6. The van der Waals surface area contributed by atoms with E-state index in [1.807, 2.05) is 41.3 Å². The summed E-state index contributed by atoms with van der Waals surface area (Å²) in [5, 5.41) is 3.30. The molecule has 0 bridgehead atoms. The highest BCUT2D eigenvalue weighted by atomic mass is 19.4. The van der Waals surface area contributed by atoms with Gasteiger partial charge in [0.15, 0.2) is 6.61 Å². The van der Waals surface area contributed by atoms with Crippen molar-refractivity contribution in [3.63, 3.8) is 0 Å². The van der Waals surface area contributed by atoms with Crippen LogP contribution in [0.5, 0.6) is 5.75 Å². The number of halogens is 3. The van der Waals surface area contributed by atoms with Gasteiger partial charge in [0.2, 0.25) is 0 Å². The summed E-state index contributed by atoms with van der Waals surface area (Å²) < 4.78 is 49.9. The largest absolute Gasteiger partial charge is 0.481 e. The first-order chi connectivity index (χ1) is 18.3. The molecule has 0 aliphatic carbocycles. The van der Waals surface area contributed by atoms with Crippen LogP contribution in [0, 0.1) is 5.92 Å². The number of anilines is 4. The number of hydrogen-bond donors (Lipinski definition) is 1. The van der Waals surface area contributed by atoms with Crippen molar-refractivity contribution in [3.8, 4) is 5.75 Å². The number of hydrogen-bond acceptors (Lipinski definition) is 6. The molecule has 1 N–H and O–H groups in total. The number of fused-ring (bicyclic) bond motifs is 1. The van der Waals surface area contributed by atoms with Crippen LogP contribution in [0.3, 0.4) is 0 Å². The molecule has 2 aliphatic rings. The van der Waals surface area contributed by atoms with Gasteiger partial charge in [-0.25, -0.2) is 4.79 Å². The molecular weight excluding hydrogens is 513 g/mol. The Morgan fingerprint density at radius 1 is 1.08 bits per heavy atom. The fourth-order valence-corrected chi connectivity index (χ4v) is 4.60. The fourth-order valence-electron chi connectivity index (χ4n) is 4.60. The third-order valence-corrected chi connectivity index (χ3v) is 6.75. The van der Waals surface area contributed by atoms with Crippen molar-refractivity contribution in [2.45, 2.75) is 45.4 Å². The van der Waals surface area contributed by atoms with Gasteiger partial charge in [0.25, 0.3) is 5.91 Å². The van der Waals surface area contributed by atoms with Gasteiger partial charge in [0, 0.05) is 56.4 Å². The molecule has 0 unspecified atom stereocenters. The molecule has 2 aliphatic heterocycles. The van der Waals surface area contributed by atoms with Crippen LogP contribution in [0.25, 0.3) is 0 Å². The molecule has 1 saturated heterocycles. The molecule has 39 heavy (non-hydrogen) atoms. The van der Waals surface area contributed by atoms with Gasteiger partial charge in [-0.1, -0.05) is 0 Å². The summed E-state index contributed by atoms with van der Waals surface area (Å²) in [7, 11) is 1.63. The first kappa shape index (κ1) is 28.4. The molecule has 2 aromatic carbocycles. The van der Waals surface area contributed by atoms with Gasteiger partial charge in [-0.2, -0.15) is 13.2 Å². The standard InChI is InChI=1S/C28H35F3N4O4/c1-27(2,3)39-26(37)33(4)15-16-35-23-10-7-21(17-24(23)38-18-25(35)36)32-20-5-8-22(9-6-20)34-13-11-19(12-14-34)28(29,30)31/h5-10,17,19,32H,11-16,18H2,1-4H3. The van der Waals surface area contributed by atoms with Crippen molar-refractivity contribution in [2.75, 3.05) is 55.0 Å². The number of nitrogens with one attached hydrogen (secondary N) is 1. The molecule has 0 atom stereocenters. The smallest absolute Gasteiger partial charge is 0.410 e. The van der Waals surface area contributed by atoms with E-state index in [2.05, 4.69) is 5.32 Å². The number of carbonyl (C=O) groups is 2. The number of likely N-dealkylation sites (N-methyl/N-ethyl adjacent to an activating group) is 1. The summed E-state index contributed by atoms with van der Waals surface area (Å²) >= 11 is 0. The van der Waals surface area contributed by atoms with Crippen molar-refractivity contribution in [1.29, 1.82) is 0 Å². The Kier molecular flexibility index (Phi) is 8.17. The molecule has 1 fully saturated rings. The summed E-state index contributed by atoms with van der Waals surface area (Å²) in [6.45, 7) is 6.62. The molecule has 0 spiro atoms. The van der Waals surface area contributed by atoms with Crippen molar-refractivity contribution >= 4 is 34.7 Å². The summed E-state index contributed by atoms with van der Waals surface area (Å²) in [4.78, 5) is 29.8. The average Bonchev–Trinajstić information content (AvgIpc) is 2.87. The second kappa shape index (κ2) is 11.2. The minimum absolute atomic E-state index is 0.105. The van der Waals surface area contributed by atoms with Gasteiger partial charge >= 0.3 is 12.3 Å². The zero-order chi connectivity index (χ0) is 28.4. The van der Waals surface area contributed by atoms with Crippen molar-refractivity contribution in [3.05, 3.63) is 42.5 Å². The van der Waals surface area contributed by atoms with E-state index in [0.29, 0.717) is 37.6 Å². The maximum Gasteiger partial charge on any atom is 0.410 e. The van der Waals surface area contributed by atoms with Gasteiger partial charge in [-0.05, 0) is 70.0 Å². The second-order valence-electron chi connectivity index (χ2n) is 10.9. The molecule has 11 heteroatoms. The summed E-state index contributed by atoms with van der Waals surface area (Å²) in [6.07, 6.45) is -4.37. The lowest BCUT2D eigenvalue weighted by Gasteiger charge is -2.34. The van der Waals surface area contributed by atoms with Gasteiger partial charge in [0.1, 0.15) is 11.4 Å². The highest BCUT2D eigenvalue weighted by molar-refractivity contribution is 5.98. The lowest BCUT2D eigenvalue weighted by molar-refractivity contribution is -0.179. The van der Waals surface area contributed by atoms with Gasteiger partial charge in [-0.15, -0.1) is 0 Å². The van der Waals surface area contributed by atoms with Crippen LogP contribution < -0.4 is 19.9 Å². The van der Waals surface area contributed by atoms with Crippen LogP contribution in [-0.4, -0.2) is 68.5 Å². The third kappa shape index (κ3) is 7.27. The van der Waals surface area contributed by atoms with Crippen LogP contribution in [0.15, 0.2) is 42.5 Å². The van der Waals surface area contributed by atoms with Gasteiger partial charge in [0.05, 0.1) is 11.6 Å². The van der Waals surface area contributed by atoms with Crippen LogP contribution in [0.4, 0.5) is 40.7 Å². The number of amides is 2. The van der Waals surface area contributed by atoms with E-state index in [4.69, 9.17) is 9.47 Å². The van der Waals surface area contributed by atoms with Crippen molar-refractivity contribution in [2.24, 2.45) is 5.92 Å². The van der Waals surface area contributed by atoms with E-state index in [0.717, 1.165) is 17.1 Å². The SMILES string of the molecule is CN(CCN1C(=O)COc2cc(Nc3ccc(N4CCC(C(F)(F)F)CC4)cc3)ccc21)C(=O)OC(C)(C)C. The summed E-state index contributed by atoms with van der Waals surface area (Å²) in [6, 6.07) is 13.0. The van der Waals surface area contributed by atoms with E-state index >= 15 is 0 Å². The average molecular weight is 549 g/mol. The number of piperidine rings is 1. The van der Waals surface area contributed by atoms with Crippen LogP contribution in [0.1, 0.15) is 33.6 Å². The molecule has 2 amide bonds. The van der Waals surface area contributed by atoms with Gasteiger partial charge in [-0.3, -0.25) is 4.79 Å². The Bertz CT molecular complexity index is 1170. The molecule has 0 saturated carbocycles. The fraction of sp³-hybridized carbons (Fsp3) is 0.500. The minimum atomic E-state index is -4.13. The highest BCUT2D eigenvalue weighted by Gasteiger charge is 2.41. The summed E-state index contributed by atoms with van der Waals surface area (Å²) in [5.74, 6) is -0.877. The van der Waals surface area contributed by atoms with Crippen molar-refractivity contribution < 1.29 is 32.2 Å². The Labute approximate surface area is 226 Å². The molecule has 212 valence electrons. The van der Waals surface area contributed by atoms with Crippen molar-refractivity contribution in [1.82, 2.24) is 4.90 Å². The van der Waals surface area contributed by atoms with Gasteiger partial charge < -0.3 is 29.5 Å². The molecule has 0 aromatic heterocycles. The van der Waals surface area contributed by atoms with E-state index in [-0.39, 0.29) is 25.4 Å². The molecule has 0 radical (unpaired) electrons. The third-order valence-electron chi connectivity index (χ3n) is 6.75. The molecule has 2 heterocycles. The van der Waals surface area contributed by atoms with Crippen LogP contribution >= 0.6 is 0 Å². The quantitative estimate of drug-likeness (QED) is 0.492. The number of carbonyl (C=O) groups excluding carboxylic acids is 2. The Morgan fingerprint density at radius 2 is 1.72 bits per heavy atom. The predicted octanol–water partition coefficient (Wildman–Crippen LogP) is 5.80. The van der Waals surface area contributed by atoms with Crippen LogP contribution in [-0.2, 0) is 9.53 Å². The molecule has 2 aromatic rings. The maximum atomic E-state index is 13.0. The zero-order valence-electron chi connectivity index (χ0n) is 22.7. The minimum Gasteiger partial charge on any atom is -0.481 e. The van der Waals surface area contributed by atoms with E-state index in [1.54, 1.807) is 38.8 Å². The second-order valence-corrected chi connectivity index (χ2v) is 10.9. The van der Waals surface area contributed by atoms with Crippen LogP contribution in [0.2, 0.25) is 0 Å². The molecule has 8 nitrogen and oxygen atoms in total. The van der Waals surface area contributed by atoms with E-state index < -0.39 is 23.8 Å². The predicted molar refractivity (Wildman–Crippen MR) is 144 cm³/mol. The Morgan fingerprint density at radius 3 is 2.33 bits per heavy atom. The monoisotopic (exact) mass is 548 g/mol. The normalized spacial score (nSPS) is 16.4. The number of benzene rings is 2. The number of nitrogens with zero attached hydrogens (tertiary/aromatic N) is 3. The molecular formula is C28H35F3N4O4. The lowest BCUT2D eigenvalue weighted by Crippen LogP contribution is -2.44. The topological polar surface area (TPSA) is 74.4 Å². The first-order valence-electron chi connectivity index (χ1n) is 13.0. The number of ether oxygens (including phenoxy) is 2. The first-order valence-corrected chi connectivity index (χ1v) is 13.0. The lowest BCUT2D eigenvalue weighted by atomic mass is 9.96. The highest BCUT2D eigenvalue weighted by Crippen LogP contribution is 2.37. The Balaban J connectivity index is 1.36. The van der Waals surface area contributed by atoms with E-state index in [1.165, 1.54) is 4.90 Å². The maximum absolute atomic E-state index is 13.0. The zero-order valence-corrected chi connectivity index (χ0v) is 22.7. The molecule has 4 rings (SSSR count). The summed E-state index contributed by atoms with van der Waals surface area (Å²) in [5.41, 5.74) is 2.47. The number of alkyl halides is 3.